The van der Waals surface area contributed by atoms with E-state index >= 15 is 0 Å². The highest BCUT2D eigenvalue weighted by molar-refractivity contribution is 6.32. The van der Waals surface area contributed by atoms with Gasteiger partial charge in [-0.3, -0.25) is 15.0 Å². The molecule has 0 radical (unpaired) electrons. The molecule has 1 aliphatic heterocycles. The number of nitrogens with one attached hydrogen (secondary N) is 1. The number of hydrogen-bond donors (Lipinski definition) is 1. The number of anilines is 1. The highest BCUT2D eigenvalue weighted by Crippen LogP contribution is 2.31. The molecule has 4 rings (SSSR count). The van der Waals surface area contributed by atoms with Crippen molar-refractivity contribution in [2.24, 2.45) is 0 Å². The summed E-state index contributed by atoms with van der Waals surface area (Å²) in [5, 5.41) is 3.65. The second-order valence-corrected chi connectivity index (χ2v) is 6.45. The van der Waals surface area contributed by atoms with E-state index in [1.807, 2.05) is 36.4 Å². The molecule has 1 saturated heterocycles. The molecule has 0 saturated carbocycles. The number of ether oxygens (including phenoxy) is 1. The Morgan fingerprint density at radius 3 is 2.48 bits per heavy atom. The SMILES string of the molecule is COc1ccc2ccccc2c1/C=C1\C(=O)NN(c2ccc(Cl)cc2)C1=O. The van der Waals surface area contributed by atoms with Crippen LogP contribution in [0.1, 0.15) is 5.56 Å². The van der Waals surface area contributed by atoms with Crippen molar-refractivity contribution in [3.05, 3.63) is 76.8 Å². The number of hydrazine groups is 1. The van der Waals surface area contributed by atoms with Gasteiger partial charge in [-0.1, -0.05) is 41.9 Å². The van der Waals surface area contributed by atoms with Crippen molar-refractivity contribution >= 4 is 46.0 Å². The van der Waals surface area contributed by atoms with Gasteiger partial charge in [-0.2, -0.15) is 0 Å². The third-order valence-corrected chi connectivity index (χ3v) is 4.67. The fraction of sp³-hybridized carbons (Fsp3) is 0.0476. The van der Waals surface area contributed by atoms with E-state index in [9.17, 15) is 9.59 Å². The van der Waals surface area contributed by atoms with Crippen molar-refractivity contribution < 1.29 is 14.3 Å². The Labute approximate surface area is 160 Å². The van der Waals surface area contributed by atoms with E-state index in [0.717, 1.165) is 10.8 Å². The summed E-state index contributed by atoms with van der Waals surface area (Å²) >= 11 is 5.89. The average Bonchev–Trinajstić information content (AvgIpc) is 2.97. The Morgan fingerprint density at radius 2 is 1.74 bits per heavy atom. The minimum atomic E-state index is -0.468. The van der Waals surface area contributed by atoms with E-state index in [2.05, 4.69) is 5.43 Å². The number of rotatable bonds is 3. The number of benzene rings is 3. The van der Waals surface area contributed by atoms with Gasteiger partial charge in [-0.15, -0.1) is 0 Å². The molecule has 0 bridgehead atoms. The number of halogens is 1. The summed E-state index contributed by atoms with van der Waals surface area (Å²) in [6, 6.07) is 18.1. The predicted molar refractivity (Wildman–Crippen MR) is 106 cm³/mol. The Kier molecular flexibility index (Phi) is 4.30. The second kappa shape index (κ2) is 6.78. The van der Waals surface area contributed by atoms with Crippen LogP contribution >= 0.6 is 11.6 Å². The highest BCUT2D eigenvalue weighted by Gasteiger charge is 2.34. The molecular weight excluding hydrogens is 364 g/mol. The smallest absolute Gasteiger partial charge is 0.282 e. The molecular formula is C21H15ClN2O3. The van der Waals surface area contributed by atoms with Gasteiger partial charge in [0.15, 0.2) is 0 Å². The first-order chi connectivity index (χ1) is 13.1. The number of amides is 2. The van der Waals surface area contributed by atoms with Gasteiger partial charge in [0.2, 0.25) is 0 Å². The molecule has 0 atom stereocenters. The zero-order chi connectivity index (χ0) is 19.0. The molecule has 3 aromatic rings. The summed E-state index contributed by atoms with van der Waals surface area (Å²) in [5.41, 5.74) is 3.85. The summed E-state index contributed by atoms with van der Waals surface area (Å²) < 4.78 is 5.44. The Morgan fingerprint density at radius 1 is 1.00 bits per heavy atom. The van der Waals surface area contributed by atoms with Gasteiger partial charge in [-0.25, -0.2) is 5.01 Å². The molecule has 0 spiro atoms. The Bertz CT molecular complexity index is 1090. The van der Waals surface area contributed by atoms with E-state index < -0.39 is 11.8 Å². The van der Waals surface area contributed by atoms with Gasteiger partial charge in [-0.05, 0) is 47.2 Å². The molecule has 27 heavy (non-hydrogen) atoms. The molecule has 2 amide bonds. The maximum Gasteiger partial charge on any atom is 0.282 e. The van der Waals surface area contributed by atoms with Crippen LogP contribution in [-0.4, -0.2) is 18.9 Å². The van der Waals surface area contributed by atoms with Gasteiger partial charge in [0.25, 0.3) is 11.8 Å². The van der Waals surface area contributed by atoms with E-state index in [1.54, 1.807) is 37.5 Å². The lowest BCUT2D eigenvalue weighted by Gasteiger charge is -2.14. The number of nitrogens with zero attached hydrogens (tertiary/aromatic N) is 1. The first-order valence-corrected chi connectivity index (χ1v) is 8.65. The molecule has 6 heteroatoms. The largest absolute Gasteiger partial charge is 0.496 e. The molecule has 134 valence electrons. The maximum atomic E-state index is 12.8. The van der Waals surface area contributed by atoms with Crippen LogP contribution in [0.15, 0.2) is 66.2 Å². The van der Waals surface area contributed by atoms with Gasteiger partial charge in [0, 0.05) is 10.6 Å². The number of fused-ring (bicyclic) bond motifs is 1. The standard InChI is InChI=1S/C21H15ClN2O3/c1-27-19-11-6-13-4-2-3-5-16(13)17(19)12-18-20(25)23-24(21(18)26)15-9-7-14(22)8-10-15/h2-12H,1H3,(H,23,25)/b18-12+. The zero-order valence-electron chi connectivity index (χ0n) is 14.4. The van der Waals surface area contributed by atoms with Crippen LogP contribution in [0, 0.1) is 0 Å². The molecule has 1 fully saturated rings. The number of carbonyl (C=O) groups is 2. The number of methoxy groups -OCH3 is 1. The minimum absolute atomic E-state index is 0.0413. The molecule has 1 aliphatic rings. The van der Waals surface area contributed by atoms with Crippen molar-refractivity contribution in [3.8, 4) is 5.75 Å². The van der Waals surface area contributed by atoms with Crippen LogP contribution in [0.3, 0.4) is 0 Å². The Hall–Kier alpha value is -3.31. The predicted octanol–water partition coefficient (Wildman–Crippen LogP) is 3.96. The fourth-order valence-corrected chi connectivity index (χ4v) is 3.20. The first-order valence-electron chi connectivity index (χ1n) is 8.27. The molecule has 0 aromatic heterocycles. The van der Waals surface area contributed by atoms with Crippen LogP contribution in [0.4, 0.5) is 5.69 Å². The summed E-state index contributed by atoms with van der Waals surface area (Å²) in [6.07, 6.45) is 1.58. The lowest BCUT2D eigenvalue weighted by atomic mass is 10.0. The number of carbonyl (C=O) groups excluding carboxylic acids is 2. The van der Waals surface area contributed by atoms with Crippen LogP contribution in [-0.2, 0) is 9.59 Å². The molecule has 1 heterocycles. The Balaban J connectivity index is 1.80. The topological polar surface area (TPSA) is 58.6 Å². The van der Waals surface area contributed by atoms with Crippen LogP contribution in [0.25, 0.3) is 16.8 Å². The average molecular weight is 379 g/mol. The highest BCUT2D eigenvalue weighted by atomic mass is 35.5. The first kappa shape index (κ1) is 17.1. The van der Waals surface area contributed by atoms with Crippen molar-refractivity contribution in [2.75, 3.05) is 12.1 Å². The molecule has 3 aromatic carbocycles. The summed E-state index contributed by atoms with van der Waals surface area (Å²) in [5.74, 6) is -0.311. The molecule has 1 N–H and O–H groups in total. The van der Waals surface area contributed by atoms with Gasteiger partial charge < -0.3 is 4.74 Å². The third-order valence-electron chi connectivity index (χ3n) is 4.42. The van der Waals surface area contributed by atoms with Crippen LogP contribution in [0.2, 0.25) is 5.02 Å². The number of hydrogen-bond acceptors (Lipinski definition) is 3. The second-order valence-electron chi connectivity index (χ2n) is 6.02. The summed E-state index contributed by atoms with van der Waals surface area (Å²) in [4.78, 5) is 25.3. The van der Waals surface area contributed by atoms with Crippen LogP contribution < -0.4 is 15.2 Å². The monoisotopic (exact) mass is 378 g/mol. The van der Waals surface area contributed by atoms with Crippen molar-refractivity contribution in [1.82, 2.24) is 5.43 Å². The van der Waals surface area contributed by atoms with Gasteiger partial charge >= 0.3 is 0 Å². The summed E-state index contributed by atoms with van der Waals surface area (Å²) in [7, 11) is 1.56. The molecule has 0 aliphatic carbocycles. The quantitative estimate of drug-likeness (QED) is 0.554. The summed E-state index contributed by atoms with van der Waals surface area (Å²) in [6.45, 7) is 0. The van der Waals surface area contributed by atoms with Crippen LogP contribution in [0.5, 0.6) is 5.75 Å². The normalized spacial score (nSPS) is 15.5. The third kappa shape index (κ3) is 3.02. The van der Waals surface area contributed by atoms with Gasteiger partial charge in [0.05, 0.1) is 12.8 Å². The van der Waals surface area contributed by atoms with E-state index in [-0.39, 0.29) is 5.57 Å². The van der Waals surface area contributed by atoms with Crippen molar-refractivity contribution in [2.45, 2.75) is 0 Å². The van der Waals surface area contributed by atoms with E-state index in [4.69, 9.17) is 16.3 Å². The van der Waals surface area contributed by atoms with E-state index in [0.29, 0.717) is 22.0 Å². The van der Waals surface area contributed by atoms with Gasteiger partial charge in [0.1, 0.15) is 11.3 Å². The zero-order valence-corrected chi connectivity index (χ0v) is 15.2. The maximum absolute atomic E-state index is 12.8. The minimum Gasteiger partial charge on any atom is -0.496 e. The lowest BCUT2D eigenvalue weighted by molar-refractivity contribution is -0.117. The van der Waals surface area contributed by atoms with E-state index in [1.165, 1.54) is 5.01 Å². The van der Waals surface area contributed by atoms with Crippen molar-refractivity contribution in [1.29, 1.82) is 0 Å². The lowest BCUT2D eigenvalue weighted by Crippen LogP contribution is -2.35. The molecule has 0 unspecified atom stereocenters. The fourth-order valence-electron chi connectivity index (χ4n) is 3.08. The van der Waals surface area contributed by atoms with Crippen molar-refractivity contribution in [3.63, 3.8) is 0 Å². The molecule has 5 nitrogen and oxygen atoms in total.